The maximum absolute atomic E-state index is 14.2. The summed E-state index contributed by atoms with van der Waals surface area (Å²) in [7, 11) is -4.02. The topological polar surface area (TPSA) is 96.5 Å². The zero-order chi connectivity index (χ0) is 30.7. The highest BCUT2D eigenvalue weighted by atomic mass is 127. The Bertz CT molecular complexity index is 1370. The summed E-state index contributed by atoms with van der Waals surface area (Å²) in [5.74, 6) is -0.440. The Hall–Kier alpha value is -2.45. The maximum Gasteiger partial charge on any atom is 0.410 e. The van der Waals surface area contributed by atoms with Crippen molar-refractivity contribution < 1.29 is 31.9 Å². The van der Waals surface area contributed by atoms with E-state index in [0.717, 1.165) is 9.99 Å². The van der Waals surface area contributed by atoms with Crippen LogP contribution in [0.1, 0.15) is 64.1 Å². The van der Waals surface area contributed by atoms with Gasteiger partial charge in [-0.1, -0.05) is 46.9 Å². The van der Waals surface area contributed by atoms with Gasteiger partial charge in [0.05, 0.1) is 23.0 Å². The van der Waals surface area contributed by atoms with E-state index in [1.165, 1.54) is 16.4 Å². The fourth-order valence-electron chi connectivity index (χ4n) is 5.45. The number of hydrogen-bond donors (Lipinski definition) is 0. The molecule has 2 fully saturated rings. The molecule has 2 heterocycles. The molecule has 0 bridgehead atoms. The van der Waals surface area contributed by atoms with Crippen LogP contribution in [0.5, 0.6) is 0 Å². The normalized spacial score (nSPS) is 22.1. The molecule has 230 valence electrons. The van der Waals surface area contributed by atoms with Gasteiger partial charge in [-0.2, -0.15) is 4.31 Å². The van der Waals surface area contributed by atoms with Crippen molar-refractivity contribution in [1.82, 2.24) is 14.1 Å². The average Bonchev–Trinajstić information content (AvgIpc) is 2.94. The fourth-order valence-corrected chi connectivity index (χ4v) is 7.80. The lowest BCUT2D eigenvalue weighted by molar-refractivity contribution is 0.00101. The Morgan fingerprint density at radius 3 is 2.38 bits per heavy atom. The van der Waals surface area contributed by atoms with E-state index in [-0.39, 0.29) is 24.1 Å². The van der Waals surface area contributed by atoms with Crippen molar-refractivity contribution in [2.24, 2.45) is 0 Å². The Morgan fingerprint density at radius 1 is 1.05 bits per heavy atom. The molecule has 2 aromatic carbocycles. The number of piperazine rings is 1. The predicted octanol–water partition coefficient (Wildman–Crippen LogP) is 6.12. The van der Waals surface area contributed by atoms with Crippen molar-refractivity contribution in [2.45, 2.75) is 80.0 Å². The minimum Gasteiger partial charge on any atom is -0.448 e. The van der Waals surface area contributed by atoms with Gasteiger partial charge in [0.2, 0.25) is 10.0 Å². The monoisotopic (exact) mass is 715 g/mol. The summed E-state index contributed by atoms with van der Waals surface area (Å²) in [6.07, 6.45) is 0.700. The zero-order valence-corrected chi connectivity index (χ0v) is 27.4. The third-order valence-electron chi connectivity index (χ3n) is 7.48. The molecule has 0 radical (unpaired) electrons. The van der Waals surface area contributed by atoms with Gasteiger partial charge in [-0.25, -0.2) is 22.4 Å². The van der Waals surface area contributed by atoms with Gasteiger partial charge in [0, 0.05) is 24.1 Å². The zero-order valence-electron chi connectivity index (χ0n) is 24.5. The van der Waals surface area contributed by atoms with E-state index in [1.807, 2.05) is 6.92 Å². The second-order valence-corrected chi connectivity index (χ2v) is 14.4. The third-order valence-corrected chi connectivity index (χ3v) is 10.3. The Kier molecular flexibility index (Phi) is 10.4. The quantitative estimate of drug-likeness (QED) is 0.264. The number of halogens is 2. The molecule has 2 saturated heterocycles. The predicted molar refractivity (Wildman–Crippen MR) is 165 cm³/mol. The highest BCUT2D eigenvalue weighted by molar-refractivity contribution is 14.1. The van der Waals surface area contributed by atoms with Gasteiger partial charge in [0.25, 0.3) is 0 Å². The largest absolute Gasteiger partial charge is 0.448 e. The van der Waals surface area contributed by atoms with E-state index in [0.29, 0.717) is 37.9 Å². The molecule has 42 heavy (non-hydrogen) atoms. The number of sulfonamides is 1. The molecule has 0 spiro atoms. The van der Waals surface area contributed by atoms with Crippen LogP contribution in [0.3, 0.4) is 0 Å². The van der Waals surface area contributed by atoms with Crippen molar-refractivity contribution in [1.29, 1.82) is 0 Å². The summed E-state index contributed by atoms with van der Waals surface area (Å²) in [4.78, 5) is 29.0. The summed E-state index contributed by atoms with van der Waals surface area (Å²) in [5.41, 5.74) is 0.940. The van der Waals surface area contributed by atoms with Crippen molar-refractivity contribution in [3.05, 3.63) is 65.5 Å². The van der Waals surface area contributed by atoms with Crippen molar-refractivity contribution in [3.63, 3.8) is 0 Å². The summed E-state index contributed by atoms with van der Waals surface area (Å²) in [6, 6.07) is 11.2. The molecule has 0 saturated carbocycles. The first-order valence-electron chi connectivity index (χ1n) is 14.2. The van der Waals surface area contributed by atoms with Crippen LogP contribution >= 0.6 is 22.6 Å². The summed E-state index contributed by atoms with van der Waals surface area (Å²) >= 11 is 2.22. The van der Waals surface area contributed by atoms with Crippen LogP contribution in [0.4, 0.5) is 14.0 Å². The molecule has 2 amide bonds. The number of piperidine rings is 1. The lowest BCUT2D eigenvalue weighted by Crippen LogP contribution is -2.56. The molecule has 2 aliphatic heterocycles. The van der Waals surface area contributed by atoms with E-state index in [4.69, 9.17) is 9.47 Å². The van der Waals surface area contributed by atoms with Crippen LogP contribution in [-0.4, -0.2) is 78.6 Å². The number of carbonyl (C=O) groups is 2. The Balaban J connectivity index is 1.52. The molecule has 2 aromatic rings. The van der Waals surface area contributed by atoms with E-state index >= 15 is 0 Å². The van der Waals surface area contributed by atoms with E-state index < -0.39 is 45.7 Å². The fraction of sp³-hybridized carbons (Fsp3) is 0.533. The SMILES string of the molecule is CC1CN(C(=O)OC(C)(C)C)CCN1C(=O)OCC1CCCC(c2cccc(F)c2)N1S(=O)(=O)c1ccc(CI)cc1. The first kappa shape index (κ1) is 32.5. The minimum atomic E-state index is -4.02. The van der Waals surface area contributed by atoms with Crippen molar-refractivity contribution >= 4 is 44.8 Å². The lowest BCUT2D eigenvalue weighted by atomic mass is 9.93. The van der Waals surface area contributed by atoms with E-state index in [1.54, 1.807) is 67.0 Å². The van der Waals surface area contributed by atoms with Gasteiger partial charge in [-0.05, 0) is 82.3 Å². The first-order chi connectivity index (χ1) is 19.8. The first-order valence-corrected chi connectivity index (χ1v) is 17.1. The number of hydrogen-bond acceptors (Lipinski definition) is 6. The number of rotatable bonds is 6. The second-order valence-electron chi connectivity index (χ2n) is 11.8. The van der Waals surface area contributed by atoms with Gasteiger partial charge < -0.3 is 19.3 Å². The number of alkyl halides is 1. The summed E-state index contributed by atoms with van der Waals surface area (Å²) in [5, 5.41) is 0. The number of amides is 2. The Labute approximate surface area is 261 Å². The number of carbonyl (C=O) groups excluding carboxylic acids is 2. The van der Waals surface area contributed by atoms with Crippen LogP contribution in [0.25, 0.3) is 0 Å². The average molecular weight is 716 g/mol. The molecule has 12 heteroatoms. The van der Waals surface area contributed by atoms with Crippen LogP contribution in [-0.2, 0) is 23.9 Å². The second kappa shape index (κ2) is 13.5. The van der Waals surface area contributed by atoms with Crippen LogP contribution in [0.15, 0.2) is 53.4 Å². The third kappa shape index (κ3) is 7.73. The molecule has 4 rings (SSSR count). The van der Waals surface area contributed by atoms with Gasteiger partial charge in [0.1, 0.15) is 18.0 Å². The number of ether oxygens (including phenoxy) is 2. The van der Waals surface area contributed by atoms with E-state index in [2.05, 4.69) is 22.6 Å². The minimum absolute atomic E-state index is 0.141. The smallest absolute Gasteiger partial charge is 0.410 e. The standard InChI is InChI=1S/C30H39FIN3O6S/c1-21-19-33(28(36)41-30(2,3)4)15-16-34(21)29(37)40-20-25-9-6-10-27(23-7-5-8-24(31)17-23)35(25)42(38,39)26-13-11-22(18-32)12-14-26/h5,7-8,11-14,17,21,25,27H,6,9-10,15-16,18-20H2,1-4H3. The van der Waals surface area contributed by atoms with Gasteiger partial charge in [-0.3, -0.25) is 0 Å². The highest BCUT2D eigenvalue weighted by Crippen LogP contribution is 2.39. The molecule has 0 aliphatic carbocycles. The van der Waals surface area contributed by atoms with Gasteiger partial charge in [0.15, 0.2) is 0 Å². The van der Waals surface area contributed by atoms with E-state index in [9.17, 15) is 22.4 Å². The molecular formula is C30H39FIN3O6S. The van der Waals surface area contributed by atoms with Gasteiger partial charge in [-0.15, -0.1) is 0 Å². The van der Waals surface area contributed by atoms with Crippen molar-refractivity contribution in [3.8, 4) is 0 Å². The van der Waals surface area contributed by atoms with Crippen molar-refractivity contribution in [2.75, 3.05) is 26.2 Å². The molecule has 9 nitrogen and oxygen atoms in total. The molecule has 0 aromatic heterocycles. The molecule has 3 unspecified atom stereocenters. The van der Waals surface area contributed by atoms with Crippen LogP contribution < -0.4 is 0 Å². The van der Waals surface area contributed by atoms with Gasteiger partial charge >= 0.3 is 12.2 Å². The highest BCUT2D eigenvalue weighted by Gasteiger charge is 2.42. The maximum atomic E-state index is 14.2. The molecule has 3 atom stereocenters. The van der Waals surface area contributed by atoms with Crippen LogP contribution in [0.2, 0.25) is 0 Å². The number of benzene rings is 2. The molecular weight excluding hydrogens is 676 g/mol. The Morgan fingerprint density at radius 2 is 1.76 bits per heavy atom. The summed E-state index contributed by atoms with van der Waals surface area (Å²) < 4.78 is 55.8. The molecule has 2 aliphatic rings. The lowest BCUT2D eigenvalue weighted by Gasteiger charge is -2.42. The number of nitrogens with zero attached hydrogens (tertiary/aromatic N) is 3. The van der Waals surface area contributed by atoms with Crippen LogP contribution in [0, 0.1) is 5.82 Å². The summed E-state index contributed by atoms with van der Waals surface area (Å²) in [6.45, 7) is 7.95. The molecule has 0 N–H and O–H groups in total.